The number of rotatable bonds is 8. The van der Waals surface area contributed by atoms with Gasteiger partial charge in [0.15, 0.2) is 6.61 Å². The number of anilines is 1. The first-order chi connectivity index (χ1) is 13.4. The minimum atomic E-state index is -0.493. The Kier molecular flexibility index (Phi) is 7.75. The fourth-order valence-electron chi connectivity index (χ4n) is 2.84. The van der Waals surface area contributed by atoms with Crippen molar-refractivity contribution in [3.63, 3.8) is 0 Å². The van der Waals surface area contributed by atoms with E-state index in [1.54, 1.807) is 6.92 Å². The van der Waals surface area contributed by atoms with Gasteiger partial charge in [-0.3, -0.25) is 9.59 Å². The summed E-state index contributed by atoms with van der Waals surface area (Å²) in [7, 11) is 0. The smallest absolute Gasteiger partial charge is 0.341 e. The van der Waals surface area contributed by atoms with E-state index in [4.69, 9.17) is 9.47 Å². The number of hydrogen-bond acceptors (Lipinski definition) is 6. The van der Waals surface area contributed by atoms with Gasteiger partial charge in [0.2, 0.25) is 0 Å². The predicted molar refractivity (Wildman–Crippen MR) is 109 cm³/mol. The number of benzene rings is 1. The number of hydrogen-bond donors (Lipinski definition) is 1. The molecule has 0 saturated heterocycles. The number of nitrogens with one attached hydrogen (secondary N) is 1. The molecule has 1 aromatic carbocycles. The van der Waals surface area contributed by atoms with Gasteiger partial charge >= 0.3 is 11.9 Å². The van der Waals surface area contributed by atoms with E-state index in [2.05, 4.69) is 5.32 Å². The van der Waals surface area contributed by atoms with Gasteiger partial charge in [-0.15, -0.1) is 11.3 Å². The van der Waals surface area contributed by atoms with Gasteiger partial charge in [-0.25, -0.2) is 4.79 Å². The number of carbonyl (C=O) groups excluding carboxylic acids is 3. The fraction of sp³-hybridized carbons (Fsp3) is 0.381. The molecule has 28 heavy (non-hydrogen) atoms. The Hall–Kier alpha value is -2.67. The van der Waals surface area contributed by atoms with Crippen molar-refractivity contribution in [2.45, 2.75) is 40.5 Å². The molecule has 0 aliphatic heterocycles. The number of ether oxygens (including phenoxy) is 2. The monoisotopic (exact) mass is 403 g/mol. The van der Waals surface area contributed by atoms with Gasteiger partial charge in [0, 0.05) is 4.88 Å². The first kappa shape index (κ1) is 21.6. The Morgan fingerprint density at radius 1 is 1.07 bits per heavy atom. The Bertz CT molecular complexity index is 872. The van der Waals surface area contributed by atoms with Crippen LogP contribution in [0.25, 0.3) is 0 Å². The molecular weight excluding hydrogens is 378 g/mol. The van der Waals surface area contributed by atoms with Crippen LogP contribution in [-0.4, -0.2) is 31.1 Å². The summed E-state index contributed by atoms with van der Waals surface area (Å²) in [5.74, 6) is -1.44. The van der Waals surface area contributed by atoms with Crippen molar-refractivity contribution in [2.75, 3.05) is 18.5 Å². The van der Waals surface area contributed by atoms with Crippen LogP contribution in [0.4, 0.5) is 5.00 Å². The largest absolute Gasteiger partial charge is 0.462 e. The molecule has 0 aliphatic carbocycles. The molecule has 1 heterocycles. The maximum Gasteiger partial charge on any atom is 0.341 e. The summed E-state index contributed by atoms with van der Waals surface area (Å²) in [6, 6.07) is 7.51. The molecule has 0 saturated carbocycles. The van der Waals surface area contributed by atoms with E-state index in [1.165, 1.54) is 11.3 Å². The summed E-state index contributed by atoms with van der Waals surface area (Å²) in [5, 5.41) is 3.10. The average Bonchev–Trinajstić information content (AvgIpc) is 2.97. The standard InChI is InChI=1S/C21H25NO5S/c1-5-16-14(4)28-20(19(16)21(25)26-6-2)22-17(23)12-27-18(24)11-15-10-8-7-9-13(15)3/h7-10H,5-6,11-12H2,1-4H3,(H,22,23). The third kappa shape index (κ3) is 5.42. The fourth-order valence-corrected chi connectivity index (χ4v) is 3.98. The lowest BCUT2D eigenvalue weighted by Crippen LogP contribution is -2.22. The first-order valence-electron chi connectivity index (χ1n) is 9.16. The third-order valence-electron chi connectivity index (χ3n) is 4.26. The summed E-state index contributed by atoms with van der Waals surface area (Å²) < 4.78 is 10.2. The maximum absolute atomic E-state index is 12.3. The summed E-state index contributed by atoms with van der Waals surface area (Å²) in [5.41, 5.74) is 3.09. The number of thiophene rings is 1. The second-order valence-corrected chi connectivity index (χ2v) is 7.45. The molecule has 0 fully saturated rings. The van der Waals surface area contributed by atoms with Crippen molar-refractivity contribution < 1.29 is 23.9 Å². The van der Waals surface area contributed by atoms with Crippen molar-refractivity contribution in [1.29, 1.82) is 0 Å². The van der Waals surface area contributed by atoms with Crippen molar-refractivity contribution in [3.05, 3.63) is 51.4 Å². The van der Waals surface area contributed by atoms with Crippen LogP contribution in [0, 0.1) is 13.8 Å². The van der Waals surface area contributed by atoms with Gasteiger partial charge in [-0.05, 0) is 43.9 Å². The lowest BCUT2D eigenvalue weighted by atomic mass is 10.1. The van der Waals surface area contributed by atoms with Gasteiger partial charge in [0.25, 0.3) is 5.91 Å². The lowest BCUT2D eigenvalue weighted by molar-refractivity contribution is -0.146. The van der Waals surface area contributed by atoms with E-state index in [1.807, 2.05) is 45.0 Å². The zero-order valence-electron chi connectivity index (χ0n) is 16.6. The average molecular weight is 404 g/mol. The molecule has 0 radical (unpaired) electrons. The molecule has 2 rings (SSSR count). The highest BCUT2D eigenvalue weighted by atomic mass is 32.1. The molecule has 1 amide bonds. The zero-order valence-corrected chi connectivity index (χ0v) is 17.4. The molecule has 0 bridgehead atoms. The van der Waals surface area contributed by atoms with E-state index in [0.29, 0.717) is 17.0 Å². The topological polar surface area (TPSA) is 81.7 Å². The molecule has 150 valence electrons. The van der Waals surface area contributed by atoms with Crippen LogP contribution in [0.2, 0.25) is 0 Å². The Labute approximate surface area is 168 Å². The minimum absolute atomic E-state index is 0.103. The van der Waals surface area contributed by atoms with Crippen molar-refractivity contribution in [2.24, 2.45) is 0 Å². The summed E-state index contributed by atoms with van der Waals surface area (Å²) in [4.78, 5) is 37.5. The van der Waals surface area contributed by atoms with Crippen LogP contribution in [0.5, 0.6) is 0 Å². The molecule has 0 unspecified atom stereocenters. The lowest BCUT2D eigenvalue weighted by Gasteiger charge is -2.09. The van der Waals surface area contributed by atoms with Crippen LogP contribution < -0.4 is 5.32 Å². The summed E-state index contributed by atoms with van der Waals surface area (Å²) >= 11 is 1.31. The van der Waals surface area contributed by atoms with Crippen molar-refractivity contribution in [1.82, 2.24) is 0 Å². The highest BCUT2D eigenvalue weighted by Gasteiger charge is 2.23. The Morgan fingerprint density at radius 2 is 1.79 bits per heavy atom. The minimum Gasteiger partial charge on any atom is -0.462 e. The molecule has 0 atom stereocenters. The van der Waals surface area contributed by atoms with E-state index >= 15 is 0 Å². The molecule has 0 spiro atoms. The number of carbonyl (C=O) groups is 3. The van der Waals surface area contributed by atoms with E-state index in [9.17, 15) is 14.4 Å². The van der Waals surface area contributed by atoms with Crippen molar-refractivity contribution >= 4 is 34.2 Å². The molecule has 6 nitrogen and oxygen atoms in total. The van der Waals surface area contributed by atoms with Gasteiger partial charge in [0.1, 0.15) is 5.00 Å². The normalized spacial score (nSPS) is 10.4. The van der Waals surface area contributed by atoms with Crippen LogP contribution in [-0.2, 0) is 31.9 Å². The molecule has 7 heteroatoms. The number of aryl methyl sites for hydroxylation is 2. The Balaban J connectivity index is 2.00. The molecule has 0 aliphatic rings. The molecular formula is C21H25NO5S. The molecule has 1 aromatic heterocycles. The number of amides is 1. The Morgan fingerprint density at radius 3 is 2.43 bits per heavy atom. The van der Waals surface area contributed by atoms with Crippen LogP contribution in [0.1, 0.15) is 45.8 Å². The third-order valence-corrected chi connectivity index (χ3v) is 5.32. The van der Waals surface area contributed by atoms with Gasteiger partial charge in [0.05, 0.1) is 18.6 Å². The second kappa shape index (κ2) is 10.0. The van der Waals surface area contributed by atoms with Gasteiger partial charge in [-0.2, -0.15) is 0 Å². The predicted octanol–water partition coefficient (Wildman–Crippen LogP) is 3.83. The van der Waals surface area contributed by atoms with Gasteiger partial charge in [-0.1, -0.05) is 31.2 Å². The van der Waals surface area contributed by atoms with E-state index in [-0.39, 0.29) is 13.0 Å². The SMILES string of the molecule is CCOC(=O)c1c(NC(=O)COC(=O)Cc2ccccc2C)sc(C)c1CC. The van der Waals surface area contributed by atoms with Gasteiger partial charge < -0.3 is 14.8 Å². The molecule has 1 N–H and O–H groups in total. The zero-order chi connectivity index (χ0) is 20.7. The number of esters is 2. The highest BCUT2D eigenvalue weighted by Crippen LogP contribution is 2.34. The van der Waals surface area contributed by atoms with Crippen LogP contribution >= 0.6 is 11.3 Å². The highest BCUT2D eigenvalue weighted by molar-refractivity contribution is 7.16. The second-order valence-electron chi connectivity index (χ2n) is 6.23. The maximum atomic E-state index is 12.3. The summed E-state index contributed by atoms with van der Waals surface area (Å²) in [6.45, 7) is 7.32. The molecule has 2 aromatic rings. The summed E-state index contributed by atoms with van der Waals surface area (Å²) in [6.07, 6.45) is 0.754. The van der Waals surface area contributed by atoms with Crippen molar-refractivity contribution in [3.8, 4) is 0 Å². The first-order valence-corrected chi connectivity index (χ1v) is 9.98. The van der Waals surface area contributed by atoms with E-state index < -0.39 is 24.5 Å². The van der Waals surface area contributed by atoms with Crippen LogP contribution in [0.3, 0.4) is 0 Å². The van der Waals surface area contributed by atoms with E-state index in [0.717, 1.165) is 21.6 Å². The quantitative estimate of drug-likeness (QED) is 0.678. The van der Waals surface area contributed by atoms with Crippen LogP contribution in [0.15, 0.2) is 24.3 Å².